The Morgan fingerprint density at radius 2 is 1.64 bits per heavy atom. The third-order valence-corrected chi connectivity index (χ3v) is 8.71. The van der Waals surface area contributed by atoms with E-state index < -0.39 is 6.03 Å². The first-order valence-electron chi connectivity index (χ1n) is 15.5. The summed E-state index contributed by atoms with van der Waals surface area (Å²) in [5, 5.41) is 7.11. The van der Waals surface area contributed by atoms with E-state index in [0.29, 0.717) is 42.5 Å². The second kappa shape index (κ2) is 13.5. The molecule has 3 heterocycles. The van der Waals surface area contributed by atoms with Gasteiger partial charge in [-0.2, -0.15) is 5.10 Å². The van der Waals surface area contributed by atoms with Crippen molar-refractivity contribution in [3.05, 3.63) is 83.6 Å². The van der Waals surface area contributed by atoms with Gasteiger partial charge in [0.25, 0.3) is 0 Å². The molecule has 0 aliphatic carbocycles. The standard InChI is InChI=1S/C35H41N5O5/c1-42-32-19-25(20-33(43-2)34(32)44-3)29-21-31(40(37-29)35(36)41)28-23-39(30-10-6-5-9-27(28)30)22-24-11-13-26(14-12-24)45-18-17-38-15-7-4-8-16-38/h5-6,9-14,19-20,23,31H,4,7-8,15-18,21-22H2,1-3H3,(H2,36,41). The van der Waals surface area contributed by atoms with E-state index in [0.717, 1.165) is 39.9 Å². The van der Waals surface area contributed by atoms with Crippen molar-refractivity contribution in [2.75, 3.05) is 47.6 Å². The molecular weight excluding hydrogens is 570 g/mol. The number of piperidine rings is 1. The molecule has 6 rings (SSSR count). The zero-order valence-electron chi connectivity index (χ0n) is 26.2. The van der Waals surface area contributed by atoms with Crippen molar-refractivity contribution in [3.8, 4) is 23.0 Å². The summed E-state index contributed by atoms with van der Waals surface area (Å²) in [5.74, 6) is 2.40. The number of nitrogens with two attached hydrogens (primary N) is 1. The average Bonchev–Trinajstić information content (AvgIpc) is 3.68. The second-order valence-corrected chi connectivity index (χ2v) is 11.5. The minimum atomic E-state index is -0.616. The first kappa shape index (κ1) is 30.3. The molecule has 2 N–H and O–H groups in total. The summed E-state index contributed by atoms with van der Waals surface area (Å²) in [6.07, 6.45) is 6.49. The van der Waals surface area contributed by atoms with E-state index in [-0.39, 0.29) is 6.04 Å². The van der Waals surface area contributed by atoms with E-state index in [4.69, 9.17) is 24.7 Å². The normalized spacial score (nSPS) is 16.9. The number of primary amides is 1. The van der Waals surface area contributed by atoms with E-state index in [1.807, 2.05) is 36.4 Å². The molecule has 1 fully saturated rings. The van der Waals surface area contributed by atoms with Gasteiger partial charge in [0.05, 0.1) is 33.1 Å². The Kier molecular flexibility index (Phi) is 9.11. The van der Waals surface area contributed by atoms with E-state index >= 15 is 0 Å². The molecule has 1 aromatic heterocycles. The van der Waals surface area contributed by atoms with Crippen molar-refractivity contribution in [3.63, 3.8) is 0 Å². The van der Waals surface area contributed by atoms with Crippen LogP contribution in [0.4, 0.5) is 4.79 Å². The predicted octanol–water partition coefficient (Wildman–Crippen LogP) is 5.81. The maximum Gasteiger partial charge on any atom is 0.335 e. The van der Waals surface area contributed by atoms with Crippen molar-refractivity contribution in [1.29, 1.82) is 0 Å². The molecule has 0 saturated carbocycles. The fourth-order valence-electron chi connectivity index (χ4n) is 6.41. The number of nitrogens with zero attached hydrogens (tertiary/aromatic N) is 4. The number of hydrazone groups is 1. The first-order chi connectivity index (χ1) is 22.0. The molecule has 0 radical (unpaired) electrons. The predicted molar refractivity (Wildman–Crippen MR) is 175 cm³/mol. The average molecular weight is 612 g/mol. The third kappa shape index (κ3) is 6.42. The maximum atomic E-state index is 12.7. The van der Waals surface area contributed by atoms with Gasteiger partial charge in [-0.05, 0) is 61.8 Å². The smallest absolute Gasteiger partial charge is 0.335 e. The molecular formula is C35H41N5O5. The van der Waals surface area contributed by atoms with Crippen molar-refractivity contribution in [2.24, 2.45) is 10.8 Å². The maximum absolute atomic E-state index is 12.7. The summed E-state index contributed by atoms with van der Waals surface area (Å²) in [5.41, 5.74) is 10.5. The molecule has 2 aliphatic heterocycles. The van der Waals surface area contributed by atoms with Gasteiger partial charge in [0.1, 0.15) is 12.4 Å². The van der Waals surface area contributed by atoms with Gasteiger partial charge in [0.2, 0.25) is 5.75 Å². The Hall–Kier alpha value is -4.70. The van der Waals surface area contributed by atoms with Crippen molar-refractivity contribution < 1.29 is 23.7 Å². The molecule has 4 aromatic rings. The summed E-state index contributed by atoms with van der Waals surface area (Å²) < 4.78 is 24.9. The number of methoxy groups -OCH3 is 3. The Morgan fingerprint density at radius 1 is 0.933 bits per heavy atom. The number of benzene rings is 3. The number of ether oxygens (including phenoxy) is 4. The summed E-state index contributed by atoms with van der Waals surface area (Å²) in [6.45, 7) is 4.67. The summed E-state index contributed by atoms with van der Waals surface area (Å²) in [6, 6.07) is 19.2. The van der Waals surface area contributed by atoms with Gasteiger partial charge in [-0.25, -0.2) is 9.80 Å². The Bertz CT molecular complexity index is 1650. The van der Waals surface area contributed by atoms with E-state index in [2.05, 4.69) is 45.0 Å². The van der Waals surface area contributed by atoms with Crippen molar-refractivity contribution in [1.82, 2.24) is 14.5 Å². The van der Waals surface area contributed by atoms with Crippen LogP contribution in [0.15, 0.2) is 72.0 Å². The topological polar surface area (TPSA) is 104 Å². The lowest BCUT2D eigenvalue weighted by molar-refractivity contribution is 0.183. The molecule has 236 valence electrons. The van der Waals surface area contributed by atoms with Crippen LogP contribution in [0, 0.1) is 0 Å². The van der Waals surface area contributed by atoms with Crippen LogP contribution < -0.4 is 24.7 Å². The summed E-state index contributed by atoms with van der Waals surface area (Å²) in [7, 11) is 4.71. The molecule has 1 unspecified atom stereocenters. The van der Waals surface area contributed by atoms with E-state index in [1.54, 1.807) is 21.3 Å². The largest absolute Gasteiger partial charge is 0.493 e. The number of hydrogen-bond acceptors (Lipinski definition) is 7. The van der Waals surface area contributed by atoms with Gasteiger partial charge in [0.15, 0.2) is 11.5 Å². The molecule has 2 aliphatic rings. The Morgan fingerprint density at radius 3 is 2.31 bits per heavy atom. The number of likely N-dealkylation sites (tertiary alicyclic amines) is 1. The highest BCUT2D eigenvalue weighted by Crippen LogP contribution is 2.42. The number of aromatic nitrogens is 1. The molecule has 2 amide bonds. The molecule has 45 heavy (non-hydrogen) atoms. The number of rotatable bonds is 11. The molecule has 0 bridgehead atoms. The van der Waals surface area contributed by atoms with Crippen LogP contribution in [0.3, 0.4) is 0 Å². The van der Waals surface area contributed by atoms with Gasteiger partial charge < -0.3 is 29.2 Å². The monoisotopic (exact) mass is 611 g/mol. The molecule has 0 spiro atoms. The lowest BCUT2D eigenvalue weighted by Gasteiger charge is -2.26. The lowest BCUT2D eigenvalue weighted by atomic mass is 9.97. The number of amides is 2. The minimum Gasteiger partial charge on any atom is -0.493 e. The Balaban J connectivity index is 1.22. The molecule has 1 atom stereocenters. The quantitative estimate of drug-likeness (QED) is 0.230. The van der Waals surface area contributed by atoms with Gasteiger partial charge >= 0.3 is 6.03 Å². The zero-order valence-corrected chi connectivity index (χ0v) is 26.2. The van der Waals surface area contributed by atoms with Crippen LogP contribution in [0.2, 0.25) is 0 Å². The fraction of sp³-hybridized carbons (Fsp3) is 0.371. The van der Waals surface area contributed by atoms with E-state index in [1.165, 1.54) is 37.4 Å². The second-order valence-electron chi connectivity index (χ2n) is 11.5. The third-order valence-electron chi connectivity index (χ3n) is 8.71. The van der Waals surface area contributed by atoms with E-state index in [9.17, 15) is 4.79 Å². The molecule has 3 aromatic carbocycles. The highest BCUT2D eigenvalue weighted by atomic mass is 16.5. The number of carbonyl (C=O) groups is 1. The number of carbonyl (C=O) groups excluding carboxylic acids is 1. The summed E-state index contributed by atoms with van der Waals surface area (Å²) in [4.78, 5) is 15.2. The van der Waals surface area contributed by atoms with Crippen LogP contribution in [0.5, 0.6) is 23.0 Å². The zero-order chi connectivity index (χ0) is 31.3. The lowest BCUT2D eigenvalue weighted by Crippen LogP contribution is -2.33. The van der Waals surface area contributed by atoms with Gasteiger partial charge in [0, 0.05) is 47.7 Å². The first-order valence-corrected chi connectivity index (χ1v) is 15.5. The SMILES string of the molecule is COc1cc(C2=NN(C(N)=O)C(c3cn(Cc4ccc(OCCN5CCCCC5)cc4)c4ccccc34)C2)cc(OC)c1OC. The highest BCUT2D eigenvalue weighted by Gasteiger charge is 2.35. The number of fused-ring (bicyclic) bond motifs is 1. The summed E-state index contributed by atoms with van der Waals surface area (Å²) >= 11 is 0. The van der Waals surface area contributed by atoms with Crippen molar-refractivity contribution in [2.45, 2.75) is 38.3 Å². The van der Waals surface area contributed by atoms with Crippen LogP contribution in [-0.2, 0) is 6.54 Å². The highest BCUT2D eigenvalue weighted by molar-refractivity contribution is 6.04. The molecule has 1 saturated heterocycles. The number of urea groups is 1. The Labute approximate surface area is 263 Å². The van der Waals surface area contributed by atoms with Crippen LogP contribution in [0.1, 0.15) is 48.4 Å². The molecule has 10 nitrogen and oxygen atoms in total. The minimum absolute atomic E-state index is 0.376. The fourth-order valence-corrected chi connectivity index (χ4v) is 6.41. The van der Waals surface area contributed by atoms with Crippen molar-refractivity contribution >= 4 is 22.6 Å². The van der Waals surface area contributed by atoms with Gasteiger partial charge in [-0.15, -0.1) is 0 Å². The van der Waals surface area contributed by atoms with Crippen LogP contribution in [0.25, 0.3) is 10.9 Å². The van der Waals surface area contributed by atoms with Crippen LogP contribution in [-0.4, -0.2) is 73.8 Å². The molecule has 10 heteroatoms. The number of para-hydroxylation sites is 1. The number of hydrogen-bond donors (Lipinski definition) is 1. The van der Waals surface area contributed by atoms with Gasteiger partial charge in [-0.1, -0.05) is 36.8 Å². The van der Waals surface area contributed by atoms with Gasteiger partial charge in [-0.3, -0.25) is 4.90 Å². The van der Waals surface area contributed by atoms with Crippen LogP contribution >= 0.6 is 0 Å².